The lowest BCUT2D eigenvalue weighted by molar-refractivity contribution is 0.262. The van der Waals surface area contributed by atoms with Crippen LogP contribution in [0.5, 0.6) is 0 Å². The second kappa shape index (κ2) is 10.2. The molecule has 1 aromatic heterocycles. The van der Waals surface area contributed by atoms with Gasteiger partial charge in [-0.2, -0.15) is 0 Å². The van der Waals surface area contributed by atoms with Gasteiger partial charge < -0.3 is 5.32 Å². The highest BCUT2D eigenvalue weighted by Gasteiger charge is 2.25. The van der Waals surface area contributed by atoms with E-state index in [1.807, 2.05) is 0 Å². The first kappa shape index (κ1) is 21.9. The number of nitrogens with one attached hydrogen (secondary N) is 2. The van der Waals surface area contributed by atoms with Crippen LogP contribution < -0.4 is 10.6 Å². The first-order valence-corrected chi connectivity index (χ1v) is 10.8. The number of carbonyl (C=O) groups excluding carboxylic acids is 1. The summed E-state index contributed by atoms with van der Waals surface area (Å²) in [6.45, 7) is 6.57. The monoisotopic (exact) mass is 428 g/mol. The van der Waals surface area contributed by atoms with E-state index in [1.54, 1.807) is 18.2 Å². The number of anilines is 2. The molecule has 0 bridgehead atoms. The zero-order valence-corrected chi connectivity index (χ0v) is 18.3. The number of rotatable bonds is 9. The Morgan fingerprint density at radius 3 is 2.52 bits per heavy atom. The quantitative estimate of drug-likeness (QED) is 0.417. The van der Waals surface area contributed by atoms with Gasteiger partial charge in [0.25, 0.3) is 0 Å². The number of hydrogen-bond donors (Lipinski definition) is 2. The van der Waals surface area contributed by atoms with E-state index in [4.69, 9.17) is 23.2 Å². The van der Waals surface area contributed by atoms with Crippen LogP contribution in [0.1, 0.15) is 64.3 Å². The maximum atomic E-state index is 12.2. The molecule has 0 fully saturated rings. The van der Waals surface area contributed by atoms with Crippen molar-refractivity contribution in [2.24, 2.45) is 0 Å². The Bertz CT molecular complexity index is 764. The molecule has 5 nitrogen and oxygen atoms in total. The second-order valence-electron chi connectivity index (χ2n) is 7.17. The maximum absolute atomic E-state index is 12.2. The van der Waals surface area contributed by atoms with Gasteiger partial charge in [0.15, 0.2) is 0 Å². The lowest BCUT2D eigenvalue weighted by Gasteiger charge is -2.20. The van der Waals surface area contributed by atoms with Gasteiger partial charge >= 0.3 is 6.03 Å². The van der Waals surface area contributed by atoms with Crippen molar-refractivity contribution in [2.45, 2.75) is 64.7 Å². The molecule has 0 aliphatic rings. The third-order valence-electron chi connectivity index (χ3n) is 4.31. The SMILES string of the molecule is CCCCCCCC(C)(C)c1nnc(NC(=O)Nc2ccc(Cl)c(Cl)c2)s1. The van der Waals surface area contributed by atoms with E-state index in [9.17, 15) is 4.79 Å². The number of urea groups is 1. The molecule has 2 rings (SSSR count). The van der Waals surface area contributed by atoms with Gasteiger partial charge in [0.2, 0.25) is 5.13 Å². The predicted molar refractivity (Wildman–Crippen MR) is 115 cm³/mol. The number of halogens is 2. The standard InChI is InChI=1S/C19H26Cl2N4OS/c1-4-5-6-7-8-11-19(2,3)16-24-25-18(27-16)23-17(26)22-13-9-10-14(20)15(21)12-13/h9-10,12H,4-8,11H2,1-3H3,(H2,22,23,25,26). The Hall–Kier alpha value is -1.37. The van der Waals surface area contributed by atoms with Crippen molar-refractivity contribution in [3.05, 3.63) is 33.3 Å². The summed E-state index contributed by atoms with van der Waals surface area (Å²) < 4.78 is 0. The van der Waals surface area contributed by atoms with Gasteiger partial charge in [-0.3, -0.25) is 5.32 Å². The van der Waals surface area contributed by atoms with E-state index in [1.165, 1.54) is 43.4 Å². The van der Waals surface area contributed by atoms with E-state index >= 15 is 0 Å². The molecule has 148 valence electrons. The van der Waals surface area contributed by atoms with Gasteiger partial charge in [0.1, 0.15) is 5.01 Å². The van der Waals surface area contributed by atoms with E-state index in [2.05, 4.69) is 41.6 Å². The lowest BCUT2D eigenvalue weighted by atomic mass is 9.87. The number of aromatic nitrogens is 2. The van der Waals surface area contributed by atoms with Crippen LogP contribution in [0, 0.1) is 0 Å². The highest BCUT2D eigenvalue weighted by atomic mass is 35.5. The molecular formula is C19H26Cl2N4OS. The fraction of sp³-hybridized carbons (Fsp3) is 0.526. The van der Waals surface area contributed by atoms with Gasteiger partial charge in [0.05, 0.1) is 10.0 Å². The van der Waals surface area contributed by atoms with Crippen LogP contribution >= 0.6 is 34.5 Å². The molecule has 1 heterocycles. The third kappa shape index (κ3) is 6.94. The number of unbranched alkanes of at least 4 members (excludes halogenated alkanes) is 4. The number of nitrogens with zero attached hydrogens (tertiary/aromatic N) is 2. The molecule has 0 saturated carbocycles. The van der Waals surface area contributed by atoms with Crippen molar-refractivity contribution in [3.8, 4) is 0 Å². The third-order valence-corrected chi connectivity index (χ3v) is 6.25. The zero-order valence-electron chi connectivity index (χ0n) is 15.9. The van der Waals surface area contributed by atoms with Crippen LogP contribution in [-0.2, 0) is 5.41 Å². The molecule has 27 heavy (non-hydrogen) atoms. The summed E-state index contributed by atoms with van der Waals surface area (Å²) in [6, 6.07) is 4.51. The van der Waals surface area contributed by atoms with E-state index in [-0.39, 0.29) is 5.41 Å². The average molecular weight is 429 g/mol. The minimum atomic E-state index is -0.395. The average Bonchev–Trinajstić information content (AvgIpc) is 3.07. The molecule has 2 N–H and O–H groups in total. The Labute approximate surface area is 174 Å². The molecule has 0 aliphatic heterocycles. The first-order chi connectivity index (χ1) is 12.8. The molecule has 8 heteroatoms. The van der Waals surface area contributed by atoms with Crippen molar-refractivity contribution < 1.29 is 4.79 Å². The van der Waals surface area contributed by atoms with Crippen molar-refractivity contribution in [2.75, 3.05) is 10.6 Å². The Morgan fingerprint density at radius 2 is 1.81 bits per heavy atom. The molecule has 0 atom stereocenters. The number of amides is 2. The smallest absolute Gasteiger partial charge is 0.308 e. The Kier molecular flexibility index (Phi) is 8.32. The van der Waals surface area contributed by atoms with Crippen LogP contribution in [0.25, 0.3) is 0 Å². The summed E-state index contributed by atoms with van der Waals surface area (Å²) in [5.41, 5.74) is 0.503. The van der Waals surface area contributed by atoms with Crippen molar-refractivity contribution in [3.63, 3.8) is 0 Å². The summed E-state index contributed by atoms with van der Waals surface area (Å²) >= 11 is 13.2. The van der Waals surface area contributed by atoms with Crippen LogP contribution in [0.3, 0.4) is 0 Å². The summed E-state index contributed by atoms with van der Waals surface area (Å²) in [7, 11) is 0. The fourth-order valence-corrected chi connectivity index (χ4v) is 3.82. The van der Waals surface area contributed by atoms with Crippen molar-refractivity contribution >= 4 is 51.4 Å². The Morgan fingerprint density at radius 1 is 1.07 bits per heavy atom. The molecule has 0 radical (unpaired) electrons. The van der Waals surface area contributed by atoms with Crippen molar-refractivity contribution in [1.82, 2.24) is 10.2 Å². The van der Waals surface area contributed by atoms with Crippen molar-refractivity contribution in [1.29, 1.82) is 0 Å². The minimum absolute atomic E-state index is 0.0516. The predicted octanol–water partition coefficient (Wildman–Crippen LogP) is 7.13. The van der Waals surface area contributed by atoms with Crippen LogP contribution in [-0.4, -0.2) is 16.2 Å². The van der Waals surface area contributed by atoms with Gasteiger partial charge in [-0.25, -0.2) is 4.79 Å². The van der Waals surface area contributed by atoms with Gasteiger partial charge in [0, 0.05) is 11.1 Å². The highest BCUT2D eigenvalue weighted by molar-refractivity contribution is 7.15. The molecule has 1 aromatic carbocycles. The van der Waals surface area contributed by atoms with Crippen LogP contribution in [0.4, 0.5) is 15.6 Å². The van der Waals surface area contributed by atoms with Gasteiger partial charge in [-0.1, -0.05) is 87.4 Å². The molecule has 2 amide bonds. The van der Waals surface area contributed by atoms with E-state index in [0.717, 1.165) is 11.4 Å². The van der Waals surface area contributed by atoms with E-state index in [0.29, 0.717) is 20.9 Å². The maximum Gasteiger partial charge on any atom is 0.325 e. The summed E-state index contributed by atoms with van der Waals surface area (Å²) in [6.07, 6.45) is 7.30. The molecule has 0 saturated heterocycles. The largest absolute Gasteiger partial charge is 0.325 e. The highest BCUT2D eigenvalue weighted by Crippen LogP contribution is 2.33. The normalized spacial score (nSPS) is 11.4. The summed E-state index contributed by atoms with van der Waals surface area (Å²) in [5.74, 6) is 0. The molecule has 0 spiro atoms. The number of hydrogen-bond acceptors (Lipinski definition) is 4. The van der Waals surface area contributed by atoms with Gasteiger partial charge in [-0.05, 0) is 24.6 Å². The molecular weight excluding hydrogens is 403 g/mol. The molecule has 0 aliphatic carbocycles. The van der Waals surface area contributed by atoms with Crippen LogP contribution in [0.2, 0.25) is 10.0 Å². The summed E-state index contributed by atoms with van der Waals surface area (Å²) in [5, 5.41) is 16.0. The van der Waals surface area contributed by atoms with Gasteiger partial charge in [-0.15, -0.1) is 10.2 Å². The van der Waals surface area contributed by atoms with E-state index < -0.39 is 6.03 Å². The molecule has 0 unspecified atom stereocenters. The fourth-order valence-electron chi connectivity index (χ4n) is 2.66. The van der Waals surface area contributed by atoms with Crippen LogP contribution in [0.15, 0.2) is 18.2 Å². The number of benzene rings is 1. The zero-order chi connectivity index (χ0) is 19.9. The topological polar surface area (TPSA) is 66.9 Å². The second-order valence-corrected chi connectivity index (χ2v) is 8.96. The molecule has 2 aromatic rings. The minimum Gasteiger partial charge on any atom is -0.308 e. The number of carbonyl (C=O) groups is 1. The summed E-state index contributed by atoms with van der Waals surface area (Å²) in [4.78, 5) is 12.2. The Balaban J connectivity index is 1.88. The lowest BCUT2D eigenvalue weighted by Crippen LogP contribution is -2.19. The first-order valence-electron chi connectivity index (χ1n) is 9.19.